The van der Waals surface area contributed by atoms with Gasteiger partial charge in [0.05, 0.1) is 13.2 Å². The smallest absolute Gasteiger partial charge is 0.0587 e. The van der Waals surface area contributed by atoms with Crippen LogP contribution in [0.3, 0.4) is 0 Å². The predicted molar refractivity (Wildman–Crippen MR) is 57.5 cm³/mol. The lowest BCUT2D eigenvalue weighted by atomic mass is 10.1. The average molecular weight is 201 g/mol. The summed E-state index contributed by atoms with van der Waals surface area (Å²) in [5.41, 5.74) is 0.441. The summed E-state index contributed by atoms with van der Waals surface area (Å²) in [4.78, 5) is 0. The standard InChI is InChI=1S/C11H23NO2/c1-4-14-9-11(2)7-10(11)8-12-5-6-13-3/h10,12H,4-9H2,1-3H3. The molecule has 0 radical (unpaired) electrons. The maximum absolute atomic E-state index is 5.47. The molecular formula is C11H23NO2. The van der Waals surface area contributed by atoms with E-state index >= 15 is 0 Å². The number of ether oxygens (including phenoxy) is 2. The largest absolute Gasteiger partial charge is 0.383 e. The van der Waals surface area contributed by atoms with Gasteiger partial charge in [-0.3, -0.25) is 0 Å². The minimum absolute atomic E-state index is 0.441. The summed E-state index contributed by atoms with van der Waals surface area (Å²) in [7, 11) is 1.73. The maximum Gasteiger partial charge on any atom is 0.0587 e. The number of rotatable bonds is 8. The van der Waals surface area contributed by atoms with Crippen LogP contribution in [0.4, 0.5) is 0 Å². The van der Waals surface area contributed by atoms with E-state index in [4.69, 9.17) is 9.47 Å². The van der Waals surface area contributed by atoms with Crippen molar-refractivity contribution < 1.29 is 9.47 Å². The van der Waals surface area contributed by atoms with Crippen molar-refractivity contribution in [3.8, 4) is 0 Å². The minimum atomic E-state index is 0.441. The molecule has 1 N–H and O–H groups in total. The van der Waals surface area contributed by atoms with Gasteiger partial charge in [0.15, 0.2) is 0 Å². The van der Waals surface area contributed by atoms with Gasteiger partial charge >= 0.3 is 0 Å². The maximum atomic E-state index is 5.47. The van der Waals surface area contributed by atoms with Gasteiger partial charge in [0.1, 0.15) is 0 Å². The lowest BCUT2D eigenvalue weighted by Gasteiger charge is -2.11. The molecule has 0 spiro atoms. The molecule has 1 aliphatic carbocycles. The molecule has 0 amide bonds. The molecule has 84 valence electrons. The first-order chi connectivity index (χ1) is 6.73. The summed E-state index contributed by atoms with van der Waals surface area (Å²) in [5.74, 6) is 0.797. The molecule has 0 aliphatic heterocycles. The molecule has 2 atom stereocenters. The zero-order chi connectivity index (χ0) is 10.4. The van der Waals surface area contributed by atoms with Crippen molar-refractivity contribution in [2.45, 2.75) is 20.3 Å². The molecule has 0 saturated heterocycles. The van der Waals surface area contributed by atoms with Crippen molar-refractivity contribution in [3.05, 3.63) is 0 Å². The van der Waals surface area contributed by atoms with Crippen LogP contribution in [0.25, 0.3) is 0 Å². The van der Waals surface area contributed by atoms with Gasteiger partial charge in [-0.25, -0.2) is 0 Å². The van der Waals surface area contributed by atoms with Gasteiger partial charge in [-0.2, -0.15) is 0 Å². The Kier molecular flexibility index (Phi) is 4.85. The van der Waals surface area contributed by atoms with Crippen molar-refractivity contribution in [1.82, 2.24) is 5.32 Å². The van der Waals surface area contributed by atoms with E-state index in [0.29, 0.717) is 5.41 Å². The van der Waals surface area contributed by atoms with Crippen LogP contribution in [0.2, 0.25) is 0 Å². The molecule has 3 heteroatoms. The van der Waals surface area contributed by atoms with Crippen LogP contribution in [0, 0.1) is 11.3 Å². The van der Waals surface area contributed by atoms with Gasteiger partial charge in [-0.05, 0) is 31.2 Å². The molecule has 0 aromatic carbocycles. The van der Waals surface area contributed by atoms with Gasteiger partial charge < -0.3 is 14.8 Å². The highest BCUT2D eigenvalue weighted by Crippen LogP contribution is 2.51. The van der Waals surface area contributed by atoms with E-state index in [1.165, 1.54) is 6.42 Å². The van der Waals surface area contributed by atoms with Crippen molar-refractivity contribution >= 4 is 0 Å². The van der Waals surface area contributed by atoms with E-state index < -0.39 is 0 Å². The molecule has 3 nitrogen and oxygen atoms in total. The Labute approximate surface area is 87.2 Å². The van der Waals surface area contributed by atoms with Gasteiger partial charge in [0, 0.05) is 20.3 Å². The predicted octanol–water partition coefficient (Wildman–Crippen LogP) is 1.29. The molecule has 1 fully saturated rings. The molecule has 2 unspecified atom stereocenters. The van der Waals surface area contributed by atoms with Crippen LogP contribution >= 0.6 is 0 Å². The molecule has 1 aliphatic rings. The molecule has 0 aromatic rings. The third-order valence-electron chi connectivity index (χ3n) is 3.05. The second kappa shape index (κ2) is 5.69. The van der Waals surface area contributed by atoms with E-state index in [2.05, 4.69) is 19.2 Å². The Morgan fingerprint density at radius 3 is 2.93 bits per heavy atom. The Hall–Kier alpha value is -0.120. The summed E-state index contributed by atoms with van der Waals surface area (Å²) in [5, 5.41) is 3.40. The summed E-state index contributed by atoms with van der Waals surface area (Å²) in [6.07, 6.45) is 1.30. The van der Waals surface area contributed by atoms with E-state index in [1.54, 1.807) is 7.11 Å². The topological polar surface area (TPSA) is 30.5 Å². The van der Waals surface area contributed by atoms with Crippen molar-refractivity contribution in [3.63, 3.8) is 0 Å². The lowest BCUT2D eigenvalue weighted by molar-refractivity contribution is 0.101. The lowest BCUT2D eigenvalue weighted by Crippen LogP contribution is -2.24. The molecule has 0 heterocycles. The highest BCUT2D eigenvalue weighted by atomic mass is 16.5. The van der Waals surface area contributed by atoms with Crippen LogP contribution in [0.15, 0.2) is 0 Å². The van der Waals surface area contributed by atoms with Crippen LogP contribution in [0.5, 0.6) is 0 Å². The van der Waals surface area contributed by atoms with E-state index in [-0.39, 0.29) is 0 Å². The number of nitrogens with one attached hydrogen (secondary N) is 1. The third kappa shape index (κ3) is 3.56. The van der Waals surface area contributed by atoms with Crippen molar-refractivity contribution in [1.29, 1.82) is 0 Å². The molecule has 14 heavy (non-hydrogen) atoms. The summed E-state index contributed by atoms with van der Waals surface area (Å²) >= 11 is 0. The zero-order valence-electron chi connectivity index (χ0n) is 9.64. The van der Waals surface area contributed by atoms with E-state index in [1.807, 2.05) is 0 Å². The Bertz CT molecular complexity index is 163. The first-order valence-electron chi connectivity index (χ1n) is 5.50. The second-order valence-electron chi connectivity index (χ2n) is 4.39. The Morgan fingerprint density at radius 1 is 1.50 bits per heavy atom. The van der Waals surface area contributed by atoms with Gasteiger partial charge in [-0.15, -0.1) is 0 Å². The van der Waals surface area contributed by atoms with E-state index in [9.17, 15) is 0 Å². The molecular weight excluding hydrogens is 178 g/mol. The van der Waals surface area contributed by atoms with Crippen molar-refractivity contribution in [2.75, 3.05) is 40.0 Å². The zero-order valence-corrected chi connectivity index (χ0v) is 9.64. The second-order valence-corrected chi connectivity index (χ2v) is 4.39. The fraction of sp³-hybridized carbons (Fsp3) is 1.00. The summed E-state index contributed by atoms with van der Waals surface area (Å²) in [6, 6.07) is 0. The highest BCUT2D eigenvalue weighted by molar-refractivity contribution is 4.99. The molecule has 1 saturated carbocycles. The first-order valence-corrected chi connectivity index (χ1v) is 5.50. The Balaban J connectivity index is 2.00. The fourth-order valence-corrected chi connectivity index (χ4v) is 1.79. The fourth-order valence-electron chi connectivity index (χ4n) is 1.79. The molecule has 1 rings (SSSR count). The quantitative estimate of drug-likeness (QED) is 0.600. The molecule has 0 aromatic heterocycles. The van der Waals surface area contributed by atoms with Crippen LogP contribution in [-0.4, -0.2) is 40.0 Å². The minimum Gasteiger partial charge on any atom is -0.383 e. The summed E-state index contributed by atoms with van der Waals surface area (Å²) < 4.78 is 10.4. The number of methoxy groups -OCH3 is 1. The highest BCUT2D eigenvalue weighted by Gasteiger charge is 2.49. The van der Waals surface area contributed by atoms with E-state index in [0.717, 1.165) is 38.8 Å². The van der Waals surface area contributed by atoms with Gasteiger partial charge in [0.25, 0.3) is 0 Å². The Morgan fingerprint density at radius 2 is 2.29 bits per heavy atom. The SMILES string of the molecule is CCOCC1(C)CC1CNCCOC. The third-order valence-corrected chi connectivity index (χ3v) is 3.05. The van der Waals surface area contributed by atoms with Gasteiger partial charge in [0.2, 0.25) is 0 Å². The number of hydrogen-bond acceptors (Lipinski definition) is 3. The van der Waals surface area contributed by atoms with Crippen LogP contribution in [-0.2, 0) is 9.47 Å². The molecule has 0 bridgehead atoms. The van der Waals surface area contributed by atoms with Crippen LogP contribution < -0.4 is 5.32 Å². The van der Waals surface area contributed by atoms with Crippen molar-refractivity contribution in [2.24, 2.45) is 11.3 Å². The first kappa shape index (κ1) is 12.0. The monoisotopic (exact) mass is 201 g/mol. The number of hydrogen-bond donors (Lipinski definition) is 1. The van der Waals surface area contributed by atoms with Gasteiger partial charge in [-0.1, -0.05) is 6.92 Å². The average Bonchev–Trinajstić information content (AvgIpc) is 2.82. The van der Waals surface area contributed by atoms with Crippen LogP contribution in [0.1, 0.15) is 20.3 Å². The summed E-state index contributed by atoms with van der Waals surface area (Å²) in [6.45, 7) is 8.97. The normalized spacial score (nSPS) is 30.6.